The van der Waals surface area contributed by atoms with Gasteiger partial charge in [-0.25, -0.2) is 0 Å². The minimum atomic E-state index is 0.129. The summed E-state index contributed by atoms with van der Waals surface area (Å²) in [5.41, 5.74) is 0. The maximum Gasteiger partial charge on any atom is 0.225 e. The van der Waals surface area contributed by atoms with Gasteiger partial charge in [-0.05, 0) is 30.4 Å². The number of nitrogens with zero attached hydrogens (tertiary/aromatic N) is 1. The van der Waals surface area contributed by atoms with E-state index < -0.39 is 0 Å². The van der Waals surface area contributed by atoms with Crippen LogP contribution in [0.2, 0.25) is 0 Å². The summed E-state index contributed by atoms with van der Waals surface area (Å²) in [6, 6.07) is 4.24. The van der Waals surface area contributed by atoms with Crippen molar-refractivity contribution >= 4 is 33.2 Å². The van der Waals surface area contributed by atoms with Gasteiger partial charge >= 0.3 is 0 Å². The molecule has 1 aliphatic heterocycles. The van der Waals surface area contributed by atoms with Gasteiger partial charge in [-0.2, -0.15) is 0 Å². The number of halogens is 1. The molecule has 0 aromatic carbocycles. The normalized spacial score (nSPS) is 18.2. The molecule has 1 N–H and O–H groups in total. The van der Waals surface area contributed by atoms with Gasteiger partial charge < -0.3 is 10.2 Å². The molecule has 0 saturated carbocycles. The molecule has 110 valence electrons. The van der Waals surface area contributed by atoms with Gasteiger partial charge in [0.15, 0.2) is 0 Å². The maximum absolute atomic E-state index is 11.9. The van der Waals surface area contributed by atoms with Gasteiger partial charge in [0, 0.05) is 36.1 Å². The van der Waals surface area contributed by atoms with E-state index in [9.17, 15) is 4.79 Å². The highest BCUT2D eigenvalue weighted by molar-refractivity contribution is 9.09. The van der Waals surface area contributed by atoms with Crippen LogP contribution < -0.4 is 5.32 Å². The van der Waals surface area contributed by atoms with Crippen molar-refractivity contribution in [3.05, 3.63) is 34.3 Å². The first-order valence-electron chi connectivity index (χ1n) is 7.03. The zero-order valence-corrected chi connectivity index (χ0v) is 14.2. The van der Waals surface area contributed by atoms with Crippen LogP contribution in [0.5, 0.6) is 0 Å². The Morgan fingerprint density at radius 1 is 1.50 bits per heavy atom. The number of alkyl halides is 1. The van der Waals surface area contributed by atoms with Gasteiger partial charge in [-0.1, -0.05) is 28.4 Å². The highest BCUT2D eigenvalue weighted by Crippen LogP contribution is 2.29. The standard InChI is InChI=1S/C15H21BrN2OS/c1-18-11-12(13-6-5-9-20-13)10-14(18)17-15(19)7-3-2-4-8-16/h5-6,9-10,12H,2-4,7-8,11H2,1H3,(H,17,19). The number of likely N-dealkylation sites (N-methyl/N-ethyl adjacent to an activating group) is 1. The van der Waals surface area contributed by atoms with E-state index in [1.54, 1.807) is 11.3 Å². The zero-order valence-electron chi connectivity index (χ0n) is 11.8. The Balaban J connectivity index is 1.82. The molecule has 20 heavy (non-hydrogen) atoms. The number of carbonyl (C=O) groups excluding carboxylic acids is 1. The van der Waals surface area contributed by atoms with E-state index in [0.717, 1.165) is 37.0 Å². The van der Waals surface area contributed by atoms with E-state index in [1.165, 1.54) is 4.88 Å². The molecule has 1 aromatic heterocycles. The Hall–Kier alpha value is -0.810. The van der Waals surface area contributed by atoms with Gasteiger partial charge in [0.2, 0.25) is 5.91 Å². The van der Waals surface area contributed by atoms with E-state index in [-0.39, 0.29) is 5.91 Å². The Kier molecular flexibility index (Phi) is 6.10. The molecule has 3 nitrogen and oxygen atoms in total. The monoisotopic (exact) mass is 356 g/mol. The van der Waals surface area contributed by atoms with Crippen LogP contribution in [-0.4, -0.2) is 29.7 Å². The first kappa shape index (κ1) is 15.6. The molecular weight excluding hydrogens is 336 g/mol. The number of amides is 1. The number of rotatable bonds is 7. The predicted molar refractivity (Wildman–Crippen MR) is 88.2 cm³/mol. The van der Waals surface area contributed by atoms with Crippen molar-refractivity contribution in [2.24, 2.45) is 0 Å². The van der Waals surface area contributed by atoms with E-state index in [1.807, 2.05) is 7.05 Å². The molecule has 0 radical (unpaired) electrons. The molecule has 0 aliphatic carbocycles. The topological polar surface area (TPSA) is 32.3 Å². The molecule has 5 heteroatoms. The lowest BCUT2D eigenvalue weighted by atomic mass is 10.1. The maximum atomic E-state index is 11.9. The fourth-order valence-corrected chi connectivity index (χ4v) is 3.52. The molecular formula is C15H21BrN2OS. The summed E-state index contributed by atoms with van der Waals surface area (Å²) >= 11 is 5.18. The van der Waals surface area contributed by atoms with Crippen molar-refractivity contribution < 1.29 is 4.79 Å². The molecule has 0 spiro atoms. The second-order valence-corrected chi connectivity index (χ2v) is 6.87. The largest absolute Gasteiger partial charge is 0.360 e. The molecule has 2 heterocycles. The Labute approximate surface area is 133 Å². The molecule has 0 saturated heterocycles. The van der Waals surface area contributed by atoms with Crippen LogP contribution in [0.1, 0.15) is 36.5 Å². The van der Waals surface area contributed by atoms with Crippen LogP contribution in [0, 0.1) is 0 Å². The van der Waals surface area contributed by atoms with E-state index in [2.05, 4.69) is 49.7 Å². The molecule has 1 aromatic rings. The lowest BCUT2D eigenvalue weighted by Gasteiger charge is -2.17. The first-order valence-corrected chi connectivity index (χ1v) is 9.03. The summed E-state index contributed by atoms with van der Waals surface area (Å²) in [4.78, 5) is 15.4. The fraction of sp³-hybridized carbons (Fsp3) is 0.533. The highest BCUT2D eigenvalue weighted by Gasteiger charge is 2.23. The second-order valence-electron chi connectivity index (χ2n) is 5.10. The average molecular weight is 357 g/mol. The van der Waals surface area contributed by atoms with Crippen molar-refractivity contribution in [2.45, 2.75) is 31.6 Å². The van der Waals surface area contributed by atoms with Crippen LogP contribution in [0.25, 0.3) is 0 Å². The third-order valence-corrected chi connectivity index (χ3v) is 5.02. The van der Waals surface area contributed by atoms with E-state index >= 15 is 0 Å². The summed E-state index contributed by atoms with van der Waals surface area (Å²) in [5, 5.41) is 6.16. The summed E-state index contributed by atoms with van der Waals surface area (Å²) in [7, 11) is 2.03. The van der Waals surface area contributed by atoms with Crippen molar-refractivity contribution in [3.8, 4) is 0 Å². The Morgan fingerprint density at radius 3 is 3.05 bits per heavy atom. The lowest BCUT2D eigenvalue weighted by Crippen LogP contribution is -2.30. The van der Waals surface area contributed by atoms with Crippen LogP contribution in [0.4, 0.5) is 0 Å². The third-order valence-electron chi connectivity index (χ3n) is 3.45. The summed E-state index contributed by atoms with van der Waals surface area (Å²) < 4.78 is 0. The molecule has 2 rings (SSSR count). The lowest BCUT2D eigenvalue weighted by molar-refractivity contribution is -0.120. The summed E-state index contributed by atoms with van der Waals surface area (Å²) in [6.45, 7) is 0.944. The molecule has 1 amide bonds. The number of nitrogens with one attached hydrogen (secondary N) is 1. The minimum Gasteiger partial charge on any atom is -0.360 e. The van der Waals surface area contributed by atoms with Gasteiger partial charge in [-0.3, -0.25) is 4.79 Å². The Bertz CT molecular complexity index is 458. The molecule has 1 aliphatic rings. The van der Waals surface area contributed by atoms with E-state index in [4.69, 9.17) is 0 Å². The quantitative estimate of drug-likeness (QED) is 0.596. The summed E-state index contributed by atoms with van der Waals surface area (Å²) in [5.74, 6) is 1.49. The van der Waals surface area contributed by atoms with Crippen molar-refractivity contribution in [3.63, 3.8) is 0 Å². The zero-order chi connectivity index (χ0) is 14.4. The van der Waals surface area contributed by atoms with Crippen LogP contribution >= 0.6 is 27.3 Å². The Morgan fingerprint density at radius 2 is 2.35 bits per heavy atom. The number of carbonyl (C=O) groups is 1. The number of unbranched alkanes of at least 4 members (excludes halogenated alkanes) is 2. The first-order chi connectivity index (χ1) is 9.70. The minimum absolute atomic E-state index is 0.129. The fourth-order valence-electron chi connectivity index (χ4n) is 2.34. The molecule has 0 fully saturated rings. The van der Waals surface area contributed by atoms with Crippen molar-refractivity contribution in [2.75, 3.05) is 18.9 Å². The predicted octanol–water partition coefficient (Wildman–Crippen LogP) is 3.69. The SMILES string of the molecule is CN1CC(c2cccs2)C=C1NC(=O)CCCCCBr. The van der Waals surface area contributed by atoms with Crippen LogP contribution in [-0.2, 0) is 4.79 Å². The number of hydrogen-bond donors (Lipinski definition) is 1. The molecule has 0 bridgehead atoms. The van der Waals surface area contributed by atoms with Gasteiger partial charge in [0.1, 0.15) is 5.82 Å². The van der Waals surface area contributed by atoms with Crippen LogP contribution in [0.3, 0.4) is 0 Å². The van der Waals surface area contributed by atoms with Gasteiger partial charge in [0.25, 0.3) is 0 Å². The number of hydrogen-bond acceptors (Lipinski definition) is 3. The molecule has 1 atom stereocenters. The highest BCUT2D eigenvalue weighted by atomic mass is 79.9. The van der Waals surface area contributed by atoms with Crippen molar-refractivity contribution in [1.82, 2.24) is 10.2 Å². The van der Waals surface area contributed by atoms with Crippen LogP contribution in [0.15, 0.2) is 29.4 Å². The number of thiophene rings is 1. The van der Waals surface area contributed by atoms with E-state index in [0.29, 0.717) is 12.3 Å². The smallest absolute Gasteiger partial charge is 0.225 e. The summed E-state index contributed by atoms with van der Waals surface area (Å²) in [6.07, 6.45) is 5.98. The van der Waals surface area contributed by atoms with Gasteiger partial charge in [-0.15, -0.1) is 11.3 Å². The average Bonchev–Trinajstić information content (AvgIpc) is 3.05. The second kappa shape index (κ2) is 7.84. The van der Waals surface area contributed by atoms with Gasteiger partial charge in [0.05, 0.1) is 0 Å². The molecule has 1 unspecified atom stereocenters. The third kappa shape index (κ3) is 4.35. The van der Waals surface area contributed by atoms with Crippen molar-refractivity contribution in [1.29, 1.82) is 0 Å².